The molecule has 2 heterocycles. The molecular weight excluding hydrogens is 437 g/mol. The minimum atomic E-state index is -5.10. The van der Waals surface area contributed by atoms with Gasteiger partial charge in [0.15, 0.2) is 0 Å². The Morgan fingerprint density at radius 1 is 1.09 bits per heavy atom. The Morgan fingerprint density at radius 3 is 2.36 bits per heavy atom. The van der Waals surface area contributed by atoms with Crippen molar-refractivity contribution < 1.29 is 27.6 Å². The summed E-state index contributed by atoms with van der Waals surface area (Å²) >= 11 is 0. The van der Waals surface area contributed by atoms with E-state index in [1.54, 1.807) is 18.3 Å². The number of alkyl halides is 3. The van der Waals surface area contributed by atoms with Gasteiger partial charge in [-0.3, -0.25) is 14.5 Å². The van der Waals surface area contributed by atoms with Crippen LogP contribution in [0.15, 0.2) is 48.5 Å². The van der Waals surface area contributed by atoms with Gasteiger partial charge in [-0.15, -0.1) is 0 Å². The standard InChI is InChI=1S/C23H23F3N4O3/c1-15-13-17(29-11-5-6-12-29)9-10-18(15)27-19(31)14-30-20(32)22(23(24,25)26,28-21(30)33)16-7-3-2-4-8-16/h2-4,7-10,13H,5-6,11-12,14H2,1H3,(H,27,31)(H,28,33). The van der Waals surface area contributed by atoms with Crippen molar-refractivity contribution in [3.8, 4) is 0 Å². The molecule has 2 N–H and O–H groups in total. The number of urea groups is 1. The van der Waals surface area contributed by atoms with Crippen LogP contribution in [0.5, 0.6) is 0 Å². The molecule has 7 nitrogen and oxygen atoms in total. The number of aryl methyl sites for hydroxylation is 1. The molecule has 2 aromatic carbocycles. The zero-order valence-electron chi connectivity index (χ0n) is 17.9. The first-order valence-electron chi connectivity index (χ1n) is 10.6. The molecule has 1 atom stereocenters. The molecule has 4 rings (SSSR count). The van der Waals surface area contributed by atoms with Crippen molar-refractivity contribution in [2.24, 2.45) is 0 Å². The SMILES string of the molecule is Cc1cc(N2CCCC2)ccc1NC(=O)CN1C(=O)NC(c2ccccc2)(C(F)(F)F)C1=O. The Morgan fingerprint density at radius 2 is 1.76 bits per heavy atom. The highest BCUT2D eigenvalue weighted by molar-refractivity contribution is 6.11. The van der Waals surface area contributed by atoms with E-state index in [0.717, 1.165) is 49.3 Å². The van der Waals surface area contributed by atoms with Gasteiger partial charge in [-0.05, 0) is 49.1 Å². The van der Waals surface area contributed by atoms with Gasteiger partial charge in [0.1, 0.15) is 6.54 Å². The van der Waals surface area contributed by atoms with Crippen LogP contribution in [0.25, 0.3) is 0 Å². The number of nitrogens with one attached hydrogen (secondary N) is 2. The van der Waals surface area contributed by atoms with Crippen molar-refractivity contribution in [2.45, 2.75) is 31.5 Å². The van der Waals surface area contributed by atoms with Gasteiger partial charge >= 0.3 is 12.2 Å². The van der Waals surface area contributed by atoms with Gasteiger partial charge in [0.2, 0.25) is 11.4 Å². The number of anilines is 2. The molecule has 0 saturated carbocycles. The largest absolute Gasteiger partial charge is 0.425 e. The fraction of sp³-hybridized carbons (Fsp3) is 0.348. The lowest BCUT2D eigenvalue weighted by Crippen LogP contribution is -2.55. The topological polar surface area (TPSA) is 81.8 Å². The smallest absolute Gasteiger partial charge is 0.372 e. The van der Waals surface area contributed by atoms with Gasteiger partial charge in [0.25, 0.3) is 5.91 Å². The second-order valence-electron chi connectivity index (χ2n) is 8.18. The van der Waals surface area contributed by atoms with E-state index >= 15 is 0 Å². The van der Waals surface area contributed by atoms with E-state index in [9.17, 15) is 27.6 Å². The predicted octanol–water partition coefficient (Wildman–Crippen LogP) is 3.54. The third-order valence-electron chi connectivity index (χ3n) is 5.99. The molecule has 10 heteroatoms. The molecule has 0 spiro atoms. The zero-order chi connectivity index (χ0) is 23.8. The minimum Gasteiger partial charge on any atom is -0.372 e. The number of nitrogens with zero attached hydrogens (tertiary/aromatic N) is 2. The molecule has 2 aliphatic rings. The minimum absolute atomic E-state index is 0.295. The van der Waals surface area contributed by atoms with E-state index in [2.05, 4.69) is 10.2 Å². The van der Waals surface area contributed by atoms with Gasteiger partial charge < -0.3 is 15.5 Å². The highest BCUT2D eigenvalue weighted by Crippen LogP contribution is 2.43. The summed E-state index contributed by atoms with van der Waals surface area (Å²) in [4.78, 5) is 40.3. The number of hydrogen-bond acceptors (Lipinski definition) is 4. The molecule has 4 amide bonds. The third-order valence-corrected chi connectivity index (χ3v) is 5.99. The number of amides is 4. The number of halogens is 3. The average molecular weight is 460 g/mol. The number of rotatable bonds is 5. The molecule has 0 aliphatic carbocycles. The summed E-state index contributed by atoms with van der Waals surface area (Å²) in [5, 5.41) is 4.36. The summed E-state index contributed by atoms with van der Waals surface area (Å²) in [5.41, 5.74) is -1.42. The maximum atomic E-state index is 14.0. The summed E-state index contributed by atoms with van der Waals surface area (Å²) in [5.74, 6) is -2.32. The van der Waals surface area contributed by atoms with Crippen molar-refractivity contribution in [1.82, 2.24) is 10.2 Å². The number of benzene rings is 2. The second kappa shape index (κ2) is 8.42. The van der Waals surface area contributed by atoms with Crippen LogP contribution < -0.4 is 15.5 Å². The quantitative estimate of drug-likeness (QED) is 0.669. The summed E-state index contributed by atoms with van der Waals surface area (Å²) in [6, 6.07) is 10.6. The molecule has 2 aromatic rings. The fourth-order valence-electron chi connectivity index (χ4n) is 4.25. The van der Waals surface area contributed by atoms with Crippen molar-refractivity contribution >= 4 is 29.2 Å². The highest BCUT2D eigenvalue weighted by Gasteiger charge is 2.68. The lowest BCUT2D eigenvalue weighted by Gasteiger charge is -2.29. The van der Waals surface area contributed by atoms with Crippen LogP contribution in [-0.4, -0.2) is 48.6 Å². The molecular formula is C23H23F3N4O3. The van der Waals surface area contributed by atoms with Crippen LogP contribution in [0.2, 0.25) is 0 Å². The van der Waals surface area contributed by atoms with Gasteiger partial charge in [-0.25, -0.2) is 4.79 Å². The summed E-state index contributed by atoms with van der Waals surface area (Å²) in [6.07, 6.45) is -2.87. The van der Waals surface area contributed by atoms with Gasteiger partial charge in [0.05, 0.1) is 0 Å². The molecule has 0 radical (unpaired) electrons. The van der Waals surface area contributed by atoms with E-state index in [1.165, 1.54) is 18.2 Å². The normalized spacial score (nSPS) is 20.8. The Hall–Kier alpha value is -3.56. The van der Waals surface area contributed by atoms with Crippen molar-refractivity contribution in [1.29, 1.82) is 0 Å². The summed E-state index contributed by atoms with van der Waals surface area (Å²) in [7, 11) is 0. The monoisotopic (exact) mass is 460 g/mol. The van der Waals surface area contributed by atoms with Gasteiger partial charge in [-0.1, -0.05) is 30.3 Å². The predicted molar refractivity (Wildman–Crippen MR) is 116 cm³/mol. The van der Waals surface area contributed by atoms with E-state index in [4.69, 9.17) is 0 Å². The molecule has 2 aliphatic heterocycles. The molecule has 1 unspecified atom stereocenters. The molecule has 0 aromatic heterocycles. The Labute approximate surface area is 188 Å². The van der Waals surface area contributed by atoms with Gasteiger partial charge in [0, 0.05) is 24.5 Å². The molecule has 2 fully saturated rings. The van der Waals surface area contributed by atoms with E-state index in [-0.39, 0.29) is 0 Å². The Kier molecular flexibility index (Phi) is 5.77. The van der Waals surface area contributed by atoms with Crippen molar-refractivity contribution in [3.05, 3.63) is 59.7 Å². The summed E-state index contributed by atoms with van der Waals surface area (Å²) in [6.45, 7) is 2.87. The zero-order valence-corrected chi connectivity index (χ0v) is 17.9. The first-order chi connectivity index (χ1) is 15.6. The van der Waals surface area contributed by atoms with Crippen LogP contribution >= 0.6 is 0 Å². The van der Waals surface area contributed by atoms with E-state index in [1.807, 2.05) is 12.1 Å². The molecule has 0 bridgehead atoms. The van der Waals surface area contributed by atoms with Crippen molar-refractivity contribution in [2.75, 3.05) is 29.9 Å². The van der Waals surface area contributed by atoms with Gasteiger partial charge in [-0.2, -0.15) is 13.2 Å². The Balaban J connectivity index is 1.51. The number of carbonyl (C=O) groups excluding carboxylic acids is 3. The third kappa shape index (κ3) is 4.01. The molecule has 33 heavy (non-hydrogen) atoms. The maximum absolute atomic E-state index is 14.0. The lowest BCUT2D eigenvalue weighted by molar-refractivity contribution is -0.198. The van der Waals surface area contributed by atoms with Crippen LogP contribution in [0, 0.1) is 6.92 Å². The van der Waals surface area contributed by atoms with E-state index < -0.39 is 41.7 Å². The number of imide groups is 1. The Bertz CT molecular complexity index is 1080. The second-order valence-corrected chi connectivity index (χ2v) is 8.18. The van der Waals surface area contributed by atoms with Crippen LogP contribution in [0.4, 0.5) is 29.3 Å². The molecule has 2 saturated heterocycles. The lowest BCUT2D eigenvalue weighted by atomic mass is 9.89. The fourth-order valence-corrected chi connectivity index (χ4v) is 4.25. The van der Waals surface area contributed by atoms with Crippen LogP contribution in [0.3, 0.4) is 0 Å². The highest BCUT2D eigenvalue weighted by atomic mass is 19.4. The van der Waals surface area contributed by atoms with E-state index in [0.29, 0.717) is 10.6 Å². The van der Waals surface area contributed by atoms with Crippen LogP contribution in [-0.2, 0) is 15.1 Å². The number of carbonyl (C=O) groups is 3. The van der Waals surface area contributed by atoms with Crippen molar-refractivity contribution in [3.63, 3.8) is 0 Å². The average Bonchev–Trinajstić information content (AvgIpc) is 3.39. The first-order valence-corrected chi connectivity index (χ1v) is 10.6. The molecule has 174 valence electrons. The van der Waals surface area contributed by atoms with Crippen LogP contribution in [0.1, 0.15) is 24.0 Å². The first kappa shape index (κ1) is 22.6. The maximum Gasteiger partial charge on any atom is 0.425 e. The summed E-state index contributed by atoms with van der Waals surface area (Å²) < 4.78 is 42.1. The number of hydrogen-bond donors (Lipinski definition) is 2.